The maximum atomic E-state index is 8.70. The zero-order valence-electron chi connectivity index (χ0n) is 17.7. The molecule has 0 aliphatic rings. The summed E-state index contributed by atoms with van der Waals surface area (Å²) in [6.07, 6.45) is 7.57. The topological polar surface area (TPSA) is 42.9 Å². The Morgan fingerprint density at radius 3 is 2.14 bits per heavy atom. The summed E-state index contributed by atoms with van der Waals surface area (Å²) in [6.45, 7) is 6.24. The molecule has 0 bridgehead atoms. The highest BCUT2D eigenvalue weighted by Gasteiger charge is 2.11. The Bertz CT molecular complexity index is 927. The number of hydrogen-bond acceptors (Lipinski definition) is 2. The van der Waals surface area contributed by atoms with E-state index < -0.39 is 0 Å². The first-order valence-corrected chi connectivity index (χ1v) is 10.6. The largest absolute Gasteiger partial charge is 0.361 e. The summed E-state index contributed by atoms with van der Waals surface area (Å²) in [5.41, 5.74) is 5.09. The molecule has 3 aromatic rings. The summed E-state index contributed by atoms with van der Waals surface area (Å²) in [5, 5.41) is 8.70. The minimum atomic E-state index is 0. The second kappa shape index (κ2) is 11.8. The number of nitrogens with one attached hydrogen (secondary N) is 1. The number of aromatic nitrogens is 2. The molecule has 0 fully saturated rings. The molecule has 1 heterocycles. The number of rotatable bonds is 11. The van der Waals surface area contributed by atoms with Crippen molar-refractivity contribution in [3.05, 3.63) is 65.3 Å². The lowest BCUT2D eigenvalue weighted by Crippen LogP contribution is -2.26. The number of ether oxygens (including phenoxy) is 1. The van der Waals surface area contributed by atoms with E-state index in [0.717, 1.165) is 24.1 Å². The zero-order chi connectivity index (χ0) is 19.8. The molecule has 0 saturated heterocycles. The summed E-state index contributed by atoms with van der Waals surface area (Å²) in [5.74, 6) is 0. The standard InChI is InChI=1S/C24H33N3O.ClH/c1-3-4-5-6-7-10-17-28-19-27-23-12-9-8-11-22(23)26(24(27)25)18-21-15-13-20(2)14-16-21;/h8-9,11-16,25H,3-7,10,17-19H2,1-2H3;1H. The Kier molecular flexibility index (Phi) is 9.49. The average molecular weight is 416 g/mol. The lowest BCUT2D eigenvalue weighted by molar-refractivity contribution is 0.0730. The molecule has 0 spiro atoms. The summed E-state index contributed by atoms with van der Waals surface area (Å²) < 4.78 is 9.96. The molecule has 3 rings (SSSR count). The van der Waals surface area contributed by atoms with Crippen LogP contribution in [0.5, 0.6) is 0 Å². The average Bonchev–Trinajstić information content (AvgIpc) is 2.97. The highest BCUT2D eigenvalue weighted by molar-refractivity contribution is 5.85. The molecular weight excluding hydrogens is 382 g/mol. The number of imidazole rings is 1. The fourth-order valence-corrected chi connectivity index (χ4v) is 3.60. The maximum absolute atomic E-state index is 8.70. The van der Waals surface area contributed by atoms with Crippen molar-refractivity contribution in [3.8, 4) is 0 Å². The van der Waals surface area contributed by atoms with Gasteiger partial charge in [0.05, 0.1) is 17.6 Å². The van der Waals surface area contributed by atoms with Gasteiger partial charge in [-0.1, -0.05) is 81.0 Å². The molecule has 0 atom stereocenters. The van der Waals surface area contributed by atoms with Crippen LogP contribution in [0.15, 0.2) is 48.5 Å². The number of unbranched alkanes of at least 4 members (excludes halogenated alkanes) is 5. The van der Waals surface area contributed by atoms with E-state index in [2.05, 4.69) is 54.8 Å². The first-order chi connectivity index (χ1) is 13.7. The van der Waals surface area contributed by atoms with Crippen LogP contribution in [-0.4, -0.2) is 15.7 Å². The SMILES string of the molecule is CCCCCCCCOCn1c(=N)n(Cc2ccc(C)cc2)c2ccccc21.Cl. The second-order valence-corrected chi connectivity index (χ2v) is 7.62. The molecule has 4 nitrogen and oxygen atoms in total. The number of aryl methyl sites for hydroxylation is 1. The number of benzene rings is 2. The van der Waals surface area contributed by atoms with Crippen LogP contribution in [0.25, 0.3) is 11.0 Å². The number of hydrogen-bond donors (Lipinski definition) is 1. The summed E-state index contributed by atoms with van der Waals surface area (Å²) in [7, 11) is 0. The van der Waals surface area contributed by atoms with Gasteiger partial charge in [0.2, 0.25) is 5.62 Å². The van der Waals surface area contributed by atoms with Crippen LogP contribution in [-0.2, 0) is 18.0 Å². The third-order valence-corrected chi connectivity index (χ3v) is 5.30. The van der Waals surface area contributed by atoms with Crippen LogP contribution in [0, 0.1) is 12.3 Å². The van der Waals surface area contributed by atoms with E-state index >= 15 is 0 Å². The smallest absolute Gasteiger partial charge is 0.205 e. The molecule has 158 valence electrons. The van der Waals surface area contributed by atoms with Crippen molar-refractivity contribution in [1.82, 2.24) is 9.13 Å². The molecular formula is C24H34ClN3O. The first kappa shape index (κ1) is 23.2. The highest BCUT2D eigenvalue weighted by atomic mass is 35.5. The fraction of sp³-hybridized carbons (Fsp3) is 0.458. The predicted octanol–water partition coefficient (Wildman–Crippen LogP) is 6.04. The van der Waals surface area contributed by atoms with Gasteiger partial charge in [0.1, 0.15) is 6.73 Å². The van der Waals surface area contributed by atoms with Crippen LogP contribution in [0.4, 0.5) is 0 Å². The maximum Gasteiger partial charge on any atom is 0.205 e. The van der Waals surface area contributed by atoms with Gasteiger partial charge in [-0.25, -0.2) is 0 Å². The van der Waals surface area contributed by atoms with E-state index in [4.69, 9.17) is 10.1 Å². The molecule has 0 amide bonds. The van der Waals surface area contributed by atoms with Crippen molar-refractivity contribution >= 4 is 23.4 Å². The normalized spacial score (nSPS) is 11.0. The second-order valence-electron chi connectivity index (χ2n) is 7.62. The monoisotopic (exact) mass is 415 g/mol. The number of fused-ring (bicyclic) bond motifs is 1. The van der Waals surface area contributed by atoms with Crippen LogP contribution < -0.4 is 5.62 Å². The van der Waals surface area contributed by atoms with E-state index in [1.54, 1.807) is 0 Å². The number of para-hydroxylation sites is 2. The van der Waals surface area contributed by atoms with Crippen molar-refractivity contribution in [2.75, 3.05) is 6.61 Å². The fourth-order valence-electron chi connectivity index (χ4n) is 3.60. The summed E-state index contributed by atoms with van der Waals surface area (Å²) in [6, 6.07) is 16.8. The Morgan fingerprint density at radius 2 is 1.45 bits per heavy atom. The van der Waals surface area contributed by atoms with Gasteiger partial charge in [-0.2, -0.15) is 0 Å². The molecule has 1 N–H and O–H groups in total. The number of halogens is 1. The van der Waals surface area contributed by atoms with Crippen LogP contribution in [0.3, 0.4) is 0 Å². The Morgan fingerprint density at radius 1 is 0.828 bits per heavy atom. The highest BCUT2D eigenvalue weighted by Crippen LogP contribution is 2.15. The molecule has 1 aromatic heterocycles. The van der Waals surface area contributed by atoms with Crippen LogP contribution >= 0.6 is 12.4 Å². The van der Waals surface area contributed by atoms with Crippen molar-refractivity contribution in [3.63, 3.8) is 0 Å². The van der Waals surface area contributed by atoms with Crippen molar-refractivity contribution < 1.29 is 4.74 Å². The predicted molar refractivity (Wildman–Crippen MR) is 123 cm³/mol. The number of nitrogens with zero attached hydrogens (tertiary/aromatic N) is 2. The minimum Gasteiger partial charge on any atom is -0.361 e. The third kappa shape index (κ3) is 6.22. The quantitative estimate of drug-likeness (QED) is 0.381. The van der Waals surface area contributed by atoms with Gasteiger partial charge in [0.25, 0.3) is 0 Å². The first-order valence-electron chi connectivity index (χ1n) is 10.6. The Hall–Kier alpha value is -2.04. The van der Waals surface area contributed by atoms with Gasteiger partial charge >= 0.3 is 0 Å². The lowest BCUT2D eigenvalue weighted by Gasteiger charge is -2.07. The van der Waals surface area contributed by atoms with Gasteiger partial charge in [-0.05, 0) is 31.0 Å². The molecule has 0 saturated carbocycles. The molecule has 5 heteroatoms. The zero-order valence-corrected chi connectivity index (χ0v) is 18.5. The lowest BCUT2D eigenvalue weighted by atomic mass is 10.1. The van der Waals surface area contributed by atoms with Crippen LogP contribution in [0.1, 0.15) is 56.6 Å². The van der Waals surface area contributed by atoms with E-state index in [-0.39, 0.29) is 12.4 Å². The van der Waals surface area contributed by atoms with Gasteiger partial charge in [-0.3, -0.25) is 9.98 Å². The molecule has 2 aromatic carbocycles. The molecule has 0 aliphatic carbocycles. The molecule has 0 radical (unpaired) electrons. The summed E-state index contributed by atoms with van der Waals surface area (Å²) in [4.78, 5) is 0. The molecule has 0 aliphatic heterocycles. The van der Waals surface area contributed by atoms with Gasteiger partial charge in [0, 0.05) is 6.61 Å². The van der Waals surface area contributed by atoms with Crippen LogP contribution in [0.2, 0.25) is 0 Å². The van der Waals surface area contributed by atoms with Crippen molar-refractivity contribution in [1.29, 1.82) is 5.41 Å². The van der Waals surface area contributed by atoms with Crippen molar-refractivity contribution in [2.45, 2.75) is 65.6 Å². The van der Waals surface area contributed by atoms with Gasteiger partial charge < -0.3 is 9.30 Å². The molecule has 29 heavy (non-hydrogen) atoms. The van der Waals surface area contributed by atoms with Crippen molar-refractivity contribution in [2.24, 2.45) is 0 Å². The van der Waals surface area contributed by atoms with E-state index in [1.807, 2.05) is 16.7 Å². The van der Waals surface area contributed by atoms with E-state index in [9.17, 15) is 0 Å². The van der Waals surface area contributed by atoms with Gasteiger partial charge in [0.15, 0.2) is 0 Å². The van der Waals surface area contributed by atoms with E-state index in [0.29, 0.717) is 18.9 Å². The van der Waals surface area contributed by atoms with Gasteiger partial charge in [-0.15, -0.1) is 12.4 Å². The Labute approximate surface area is 180 Å². The van der Waals surface area contributed by atoms with E-state index in [1.165, 1.54) is 43.2 Å². The third-order valence-electron chi connectivity index (χ3n) is 5.30. The molecule has 0 unspecified atom stereocenters. The minimum absolute atomic E-state index is 0. The summed E-state index contributed by atoms with van der Waals surface area (Å²) >= 11 is 0. The Balaban J connectivity index is 0.00000300.